The standard InChI is InChI=1S/C14H19N5O2/c1-19-5-3-4-9(19)8-15-14(20)10-6-11-12(17-18-16-11)7-13(10)21-2/h6-7,9H,3-5,8H2,1-2H3,(H,15,20)(H,16,17,18). The van der Waals surface area contributed by atoms with E-state index in [1.165, 1.54) is 6.42 Å². The molecule has 1 saturated heterocycles. The third kappa shape index (κ3) is 2.69. The number of carbonyl (C=O) groups excluding carboxylic acids is 1. The van der Waals surface area contributed by atoms with Crippen LogP contribution in [0.2, 0.25) is 0 Å². The molecule has 2 N–H and O–H groups in total. The van der Waals surface area contributed by atoms with Gasteiger partial charge in [-0.25, -0.2) is 0 Å². The molecule has 0 bridgehead atoms. The van der Waals surface area contributed by atoms with Gasteiger partial charge in [0.15, 0.2) is 0 Å². The minimum Gasteiger partial charge on any atom is -0.496 e. The summed E-state index contributed by atoms with van der Waals surface area (Å²) < 4.78 is 5.28. The lowest BCUT2D eigenvalue weighted by atomic mass is 10.1. The zero-order chi connectivity index (χ0) is 14.8. The molecule has 0 aliphatic carbocycles. The Kier molecular flexibility index (Phi) is 3.74. The molecule has 1 amide bonds. The Hall–Kier alpha value is -2.15. The summed E-state index contributed by atoms with van der Waals surface area (Å²) in [5.74, 6) is 0.366. The van der Waals surface area contributed by atoms with Gasteiger partial charge in [-0.3, -0.25) is 4.79 Å². The van der Waals surface area contributed by atoms with Gasteiger partial charge in [-0.2, -0.15) is 15.4 Å². The minimum absolute atomic E-state index is 0.142. The van der Waals surface area contributed by atoms with Crippen molar-refractivity contribution in [3.05, 3.63) is 17.7 Å². The number of fused-ring (bicyclic) bond motifs is 1. The smallest absolute Gasteiger partial charge is 0.255 e. The van der Waals surface area contributed by atoms with E-state index in [2.05, 4.69) is 32.7 Å². The fraction of sp³-hybridized carbons (Fsp3) is 0.500. The van der Waals surface area contributed by atoms with E-state index in [-0.39, 0.29) is 5.91 Å². The van der Waals surface area contributed by atoms with Gasteiger partial charge in [0, 0.05) is 18.7 Å². The maximum absolute atomic E-state index is 12.4. The van der Waals surface area contributed by atoms with Crippen molar-refractivity contribution < 1.29 is 9.53 Å². The first-order valence-corrected chi connectivity index (χ1v) is 7.06. The predicted molar refractivity (Wildman–Crippen MR) is 78.4 cm³/mol. The monoisotopic (exact) mass is 289 g/mol. The number of H-pyrrole nitrogens is 1. The number of nitrogens with zero attached hydrogens (tertiary/aromatic N) is 3. The number of nitrogens with one attached hydrogen (secondary N) is 2. The number of ether oxygens (including phenoxy) is 1. The molecule has 1 aromatic heterocycles. The fourth-order valence-electron chi connectivity index (χ4n) is 2.76. The molecule has 1 aliphatic heterocycles. The highest BCUT2D eigenvalue weighted by Crippen LogP contribution is 2.23. The molecule has 1 fully saturated rings. The van der Waals surface area contributed by atoms with Crippen molar-refractivity contribution in [2.45, 2.75) is 18.9 Å². The largest absolute Gasteiger partial charge is 0.496 e. The molecule has 1 atom stereocenters. The summed E-state index contributed by atoms with van der Waals surface area (Å²) in [6, 6.07) is 3.83. The van der Waals surface area contributed by atoms with Gasteiger partial charge < -0.3 is 15.0 Å². The van der Waals surface area contributed by atoms with Crippen molar-refractivity contribution in [3.8, 4) is 5.75 Å². The van der Waals surface area contributed by atoms with Crippen LogP contribution in [0.15, 0.2) is 12.1 Å². The lowest BCUT2D eigenvalue weighted by molar-refractivity contribution is 0.0941. The second kappa shape index (κ2) is 5.69. The van der Waals surface area contributed by atoms with Gasteiger partial charge in [-0.15, -0.1) is 0 Å². The molecule has 1 aliphatic rings. The second-order valence-corrected chi connectivity index (χ2v) is 5.35. The Morgan fingerprint density at radius 2 is 2.24 bits per heavy atom. The summed E-state index contributed by atoms with van der Waals surface area (Å²) in [6.07, 6.45) is 2.31. The molecule has 21 heavy (non-hydrogen) atoms. The third-order valence-corrected chi connectivity index (χ3v) is 4.05. The molecular weight excluding hydrogens is 270 g/mol. The average Bonchev–Trinajstić information content (AvgIpc) is 3.11. The molecule has 0 saturated carbocycles. The van der Waals surface area contributed by atoms with Crippen LogP contribution < -0.4 is 10.1 Å². The molecule has 2 aromatic rings. The van der Waals surface area contributed by atoms with E-state index in [0.29, 0.717) is 34.9 Å². The zero-order valence-electron chi connectivity index (χ0n) is 12.2. The average molecular weight is 289 g/mol. The number of aromatic amines is 1. The van der Waals surface area contributed by atoms with Crippen LogP contribution in [0.1, 0.15) is 23.2 Å². The number of hydrogen-bond donors (Lipinski definition) is 2. The van der Waals surface area contributed by atoms with E-state index in [1.807, 2.05) is 0 Å². The Bertz CT molecular complexity index is 654. The Morgan fingerprint density at radius 1 is 1.48 bits per heavy atom. The highest BCUT2D eigenvalue weighted by molar-refractivity contribution is 6.00. The number of hydrogen-bond acceptors (Lipinski definition) is 5. The quantitative estimate of drug-likeness (QED) is 0.869. The van der Waals surface area contributed by atoms with Crippen molar-refractivity contribution >= 4 is 16.9 Å². The van der Waals surface area contributed by atoms with Gasteiger partial charge in [0.1, 0.15) is 16.8 Å². The number of aromatic nitrogens is 3. The van der Waals surface area contributed by atoms with Crippen molar-refractivity contribution in [2.75, 3.05) is 27.2 Å². The Morgan fingerprint density at radius 3 is 2.90 bits per heavy atom. The number of likely N-dealkylation sites (N-methyl/N-ethyl adjacent to an activating group) is 1. The van der Waals surface area contributed by atoms with E-state index in [0.717, 1.165) is 13.0 Å². The normalized spacial score (nSPS) is 19.0. The third-order valence-electron chi connectivity index (χ3n) is 4.05. The molecule has 2 heterocycles. The predicted octanol–water partition coefficient (Wildman–Crippen LogP) is 0.790. The van der Waals surface area contributed by atoms with E-state index in [9.17, 15) is 4.79 Å². The van der Waals surface area contributed by atoms with Crippen LogP contribution in [0.5, 0.6) is 5.75 Å². The number of benzene rings is 1. The molecule has 7 nitrogen and oxygen atoms in total. The highest BCUT2D eigenvalue weighted by Gasteiger charge is 2.22. The van der Waals surface area contributed by atoms with Crippen LogP contribution in [0.25, 0.3) is 11.0 Å². The van der Waals surface area contributed by atoms with Crippen LogP contribution >= 0.6 is 0 Å². The SMILES string of the molecule is COc1cc2n[nH]nc2cc1C(=O)NCC1CCCN1C. The van der Waals surface area contributed by atoms with Crippen molar-refractivity contribution in [3.63, 3.8) is 0 Å². The van der Waals surface area contributed by atoms with Crippen LogP contribution in [0.4, 0.5) is 0 Å². The number of likely N-dealkylation sites (tertiary alicyclic amines) is 1. The summed E-state index contributed by atoms with van der Waals surface area (Å²) in [6.45, 7) is 1.74. The maximum atomic E-state index is 12.4. The van der Waals surface area contributed by atoms with Crippen molar-refractivity contribution in [1.29, 1.82) is 0 Å². The van der Waals surface area contributed by atoms with Crippen LogP contribution in [-0.2, 0) is 0 Å². The molecule has 0 radical (unpaired) electrons. The molecule has 3 rings (SSSR count). The molecule has 1 unspecified atom stereocenters. The van der Waals surface area contributed by atoms with Gasteiger partial charge in [-0.05, 0) is 32.5 Å². The first-order valence-electron chi connectivity index (χ1n) is 7.06. The summed E-state index contributed by atoms with van der Waals surface area (Å²) >= 11 is 0. The van der Waals surface area contributed by atoms with Gasteiger partial charge in [0.2, 0.25) is 0 Å². The topological polar surface area (TPSA) is 83.1 Å². The number of amides is 1. The Balaban J connectivity index is 1.76. The van der Waals surface area contributed by atoms with Crippen LogP contribution in [0.3, 0.4) is 0 Å². The van der Waals surface area contributed by atoms with Gasteiger partial charge >= 0.3 is 0 Å². The molecule has 7 heteroatoms. The van der Waals surface area contributed by atoms with E-state index in [1.54, 1.807) is 19.2 Å². The van der Waals surface area contributed by atoms with Crippen LogP contribution in [0, 0.1) is 0 Å². The fourth-order valence-corrected chi connectivity index (χ4v) is 2.76. The lowest BCUT2D eigenvalue weighted by Crippen LogP contribution is -2.38. The van der Waals surface area contributed by atoms with Crippen molar-refractivity contribution in [2.24, 2.45) is 0 Å². The molecular formula is C14H19N5O2. The highest BCUT2D eigenvalue weighted by atomic mass is 16.5. The molecule has 0 spiro atoms. The maximum Gasteiger partial charge on any atom is 0.255 e. The summed E-state index contributed by atoms with van der Waals surface area (Å²) in [5, 5.41) is 13.5. The van der Waals surface area contributed by atoms with Gasteiger partial charge in [0.25, 0.3) is 5.91 Å². The Labute approximate surface area is 122 Å². The number of rotatable bonds is 4. The van der Waals surface area contributed by atoms with E-state index >= 15 is 0 Å². The zero-order valence-corrected chi connectivity index (χ0v) is 12.2. The minimum atomic E-state index is -0.142. The first-order chi connectivity index (χ1) is 10.2. The molecule has 1 aromatic carbocycles. The van der Waals surface area contributed by atoms with Gasteiger partial charge in [0.05, 0.1) is 12.7 Å². The lowest BCUT2D eigenvalue weighted by Gasteiger charge is -2.20. The van der Waals surface area contributed by atoms with Gasteiger partial charge in [-0.1, -0.05) is 0 Å². The number of methoxy groups -OCH3 is 1. The second-order valence-electron chi connectivity index (χ2n) is 5.35. The first kappa shape index (κ1) is 13.8. The number of carbonyl (C=O) groups is 1. The summed E-state index contributed by atoms with van der Waals surface area (Å²) in [7, 11) is 3.63. The van der Waals surface area contributed by atoms with E-state index < -0.39 is 0 Å². The van der Waals surface area contributed by atoms with Crippen LogP contribution in [-0.4, -0.2) is 59.5 Å². The van der Waals surface area contributed by atoms with Crippen molar-refractivity contribution in [1.82, 2.24) is 25.6 Å². The summed E-state index contributed by atoms with van der Waals surface area (Å²) in [5.41, 5.74) is 1.82. The van der Waals surface area contributed by atoms with E-state index in [4.69, 9.17) is 4.74 Å². The summed E-state index contributed by atoms with van der Waals surface area (Å²) in [4.78, 5) is 14.7. The molecule has 112 valence electrons.